The van der Waals surface area contributed by atoms with Crippen molar-refractivity contribution in [2.75, 3.05) is 18.7 Å². The quantitative estimate of drug-likeness (QED) is 0.892. The maximum atomic E-state index is 5.50. The van der Waals surface area contributed by atoms with Crippen LogP contribution >= 0.6 is 15.9 Å². The Morgan fingerprint density at radius 2 is 2.29 bits per heavy atom. The fraction of sp³-hybridized carbons (Fsp3) is 0.267. The number of halogens is 1. The molecule has 5 nitrogen and oxygen atoms in total. The highest BCUT2D eigenvalue weighted by Gasteiger charge is 2.18. The van der Waals surface area contributed by atoms with Gasteiger partial charge in [-0.05, 0) is 52.7 Å². The fourth-order valence-corrected chi connectivity index (χ4v) is 2.70. The fourth-order valence-electron chi connectivity index (χ4n) is 2.10. The molecule has 1 aliphatic heterocycles. The van der Waals surface area contributed by atoms with Gasteiger partial charge in [0.25, 0.3) is 0 Å². The summed E-state index contributed by atoms with van der Waals surface area (Å²) in [6.45, 7) is 3.43. The molecule has 2 aromatic rings. The third kappa shape index (κ3) is 3.05. The van der Waals surface area contributed by atoms with E-state index in [4.69, 9.17) is 14.2 Å². The first kappa shape index (κ1) is 14.0. The van der Waals surface area contributed by atoms with Crippen LogP contribution in [-0.4, -0.2) is 18.4 Å². The number of rotatable bonds is 5. The molecule has 2 heterocycles. The van der Waals surface area contributed by atoms with Crippen molar-refractivity contribution in [2.24, 2.45) is 0 Å². The Morgan fingerprint density at radius 1 is 1.38 bits per heavy atom. The van der Waals surface area contributed by atoms with Crippen molar-refractivity contribution >= 4 is 21.6 Å². The Bertz CT molecular complexity index is 649. The van der Waals surface area contributed by atoms with Gasteiger partial charge in [-0.2, -0.15) is 0 Å². The third-order valence-electron chi connectivity index (χ3n) is 3.02. The van der Waals surface area contributed by atoms with E-state index in [-0.39, 0.29) is 6.79 Å². The molecule has 1 N–H and O–H groups in total. The van der Waals surface area contributed by atoms with Crippen LogP contribution in [0.3, 0.4) is 0 Å². The molecule has 0 spiro atoms. The molecule has 0 radical (unpaired) electrons. The van der Waals surface area contributed by atoms with E-state index in [0.29, 0.717) is 19.0 Å². The first-order valence-electron chi connectivity index (χ1n) is 6.67. The van der Waals surface area contributed by atoms with Crippen molar-refractivity contribution < 1.29 is 14.2 Å². The van der Waals surface area contributed by atoms with E-state index in [1.807, 2.05) is 31.2 Å². The zero-order valence-electron chi connectivity index (χ0n) is 11.6. The summed E-state index contributed by atoms with van der Waals surface area (Å²) in [6.07, 6.45) is 1.72. The second kappa shape index (κ2) is 6.22. The van der Waals surface area contributed by atoms with Crippen LogP contribution in [0.25, 0.3) is 0 Å². The van der Waals surface area contributed by atoms with Crippen LogP contribution < -0.4 is 19.5 Å². The minimum absolute atomic E-state index is 0.266. The highest BCUT2D eigenvalue weighted by atomic mass is 79.9. The van der Waals surface area contributed by atoms with Crippen molar-refractivity contribution in [3.05, 3.63) is 40.5 Å². The number of anilines is 1. The van der Waals surface area contributed by atoms with E-state index in [9.17, 15) is 0 Å². The second-order valence-electron chi connectivity index (χ2n) is 4.45. The molecule has 0 saturated carbocycles. The summed E-state index contributed by atoms with van der Waals surface area (Å²) >= 11 is 3.49. The summed E-state index contributed by atoms with van der Waals surface area (Å²) in [5.74, 6) is 2.13. The zero-order chi connectivity index (χ0) is 14.7. The van der Waals surface area contributed by atoms with Gasteiger partial charge < -0.3 is 19.5 Å². The van der Waals surface area contributed by atoms with Crippen LogP contribution in [0.5, 0.6) is 17.4 Å². The predicted molar refractivity (Wildman–Crippen MR) is 83.0 cm³/mol. The summed E-state index contributed by atoms with van der Waals surface area (Å²) in [4.78, 5) is 4.22. The molecule has 0 atom stereocenters. The summed E-state index contributed by atoms with van der Waals surface area (Å²) in [7, 11) is 0. The van der Waals surface area contributed by atoms with Gasteiger partial charge in [0, 0.05) is 12.7 Å². The molecule has 1 aromatic carbocycles. The van der Waals surface area contributed by atoms with Crippen LogP contribution in [0.15, 0.2) is 34.9 Å². The maximum absolute atomic E-state index is 5.50. The van der Waals surface area contributed by atoms with E-state index in [0.717, 1.165) is 27.2 Å². The molecular formula is C15H15BrN2O3. The lowest BCUT2D eigenvalue weighted by Crippen LogP contribution is -2.04. The van der Waals surface area contributed by atoms with Gasteiger partial charge in [-0.15, -0.1) is 0 Å². The number of pyridine rings is 1. The highest BCUT2D eigenvalue weighted by molar-refractivity contribution is 9.10. The molecule has 0 unspecified atom stereocenters. The van der Waals surface area contributed by atoms with Gasteiger partial charge in [0.2, 0.25) is 12.7 Å². The number of benzene rings is 1. The number of hydrogen-bond donors (Lipinski definition) is 1. The number of nitrogens with one attached hydrogen (secondary N) is 1. The average Bonchev–Trinajstić information content (AvgIpc) is 2.96. The molecule has 1 aromatic heterocycles. The molecule has 0 fully saturated rings. The Balaban J connectivity index is 1.75. The molecule has 0 amide bonds. The second-order valence-corrected chi connectivity index (χ2v) is 5.31. The summed E-state index contributed by atoms with van der Waals surface area (Å²) < 4.78 is 17.2. The predicted octanol–water partition coefficient (Wildman–Crippen LogP) is 3.58. The van der Waals surface area contributed by atoms with Crippen LogP contribution in [0.1, 0.15) is 12.5 Å². The van der Waals surface area contributed by atoms with Crippen molar-refractivity contribution in [3.63, 3.8) is 0 Å². The van der Waals surface area contributed by atoms with E-state index in [1.54, 1.807) is 6.20 Å². The minimum Gasteiger partial charge on any atom is -0.476 e. The molecule has 0 aliphatic carbocycles. The number of nitrogens with zero attached hydrogens (tertiary/aromatic N) is 1. The van der Waals surface area contributed by atoms with Gasteiger partial charge in [0.15, 0.2) is 11.5 Å². The van der Waals surface area contributed by atoms with Gasteiger partial charge in [0.05, 0.1) is 16.8 Å². The SMILES string of the molecule is CCOc1ncccc1NCc1cc(Br)c2c(c1)OCO2. The van der Waals surface area contributed by atoms with Crippen molar-refractivity contribution in [1.82, 2.24) is 4.98 Å². The number of aromatic nitrogens is 1. The zero-order valence-corrected chi connectivity index (χ0v) is 13.1. The van der Waals surface area contributed by atoms with Gasteiger partial charge in [-0.25, -0.2) is 4.98 Å². The molecule has 0 saturated heterocycles. The highest BCUT2D eigenvalue weighted by Crippen LogP contribution is 2.40. The molecule has 6 heteroatoms. The maximum Gasteiger partial charge on any atom is 0.237 e. The average molecular weight is 351 g/mol. The summed E-state index contributed by atoms with van der Waals surface area (Å²) in [6, 6.07) is 7.80. The summed E-state index contributed by atoms with van der Waals surface area (Å²) in [5, 5.41) is 3.33. The van der Waals surface area contributed by atoms with Crippen LogP contribution in [0, 0.1) is 0 Å². The molecule has 110 valence electrons. The van der Waals surface area contributed by atoms with Crippen molar-refractivity contribution in [3.8, 4) is 17.4 Å². The first-order chi connectivity index (χ1) is 10.3. The third-order valence-corrected chi connectivity index (χ3v) is 3.61. The lowest BCUT2D eigenvalue weighted by molar-refractivity contribution is 0.173. The molecule has 3 rings (SSSR count). The smallest absolute Gasteiger partial charge is 0.237 e. The van der Waals surface area contributed by atoms with Gasteiger partial charge >= 0.3 is 0 Å². The van der Waals surface area contributed by atoms with E-state index in [1.165, 1.54) is 0 Å². The van der Waals surface area contributed by atoms with Crippen LogP contribution in [-0.2, 0) is 6.54 Å². The molecule has 1 aliphatic rings. The lowest BCUT2D eigenvalue weighted by Gasteiger charge is -2.11. The van der Waals surface area contributed by atoms with E-state index < -0.39 is 0 Å². The number of fused-ring (bicyclic) bond motifs is 1. The van der Waals surface area contributed by atoms with Gasteiger partial charge in [-0.3, -0.25) is 0 Å². The first-order valence-corrected chi connectivity index (χ1v) is 7.47. The van der Waals surface area contributed by atoms with Crippen molar-refractivity contribution in [2.45, 2.75) is 13.5 Å². The van der Waals surface area contributed by atoms with Crippen LogP contribution in [0.4, 0.5) is 5.69 Å². The van der Waals surface area contributed by atoms with Crippen LogP contribution in [0.2, 0.25) is 0 Å². The van der Waals surface area contributed by atoms with E-state index >= 15 is 0 Å². The topological polar surface area (TPSA) is 52.6 Å². The van der Waals surface area contributed by atoms with Crippen molar-refractivity contribution in [1.29, 1.82) is 0 Å². The number of ether oxygens (including phenoxy) is 3. The van der Waals surface area contributed by atoms with Gasteiger partial charge in [0.1, 0.15) is 0 Å². The molecular weight excluding hydrogens is 336 g/mol. The minimum atomic E-state index is 0.266. The Hall–Kier alpha value is -1.95. The Labute approximate surface area is 131 Å². The lowest BCUT2D eigenvalue weighted by atomic mass is 10.2. The monoisotopic (exact) mass is 350 g/mol. The normalized spacial score (nSPS) is 12.3. The Kier molecular flexibility index (Phi) is 4.15. The number of hydrogen-bond acceptors (Lipinski definition) is 5. The largest absolute Gasteiger partial charge is 0.476 e. The van der Waals surface area contributed by atoms with Gasteiger partial charge in [-0.1, -0.05) is 0 Å². The standard InChI is InChI=1S/C15H15BrN2O3/c1-2-19-15-12(4-3-5-17-15)18-8-10-6-11(16)14-13(7-10)20-9-21-14/h3-7,18H,2,8-9H2,1H3. The molecule has 21 heavy (non-hydrogen) atoms. The Morgan fingerprint density at radius 3 is 3.14 bits per heavy atom. The molecule has 0 bridgehead atoms. The summed E-state index contributed by atoms with van der Waals surface area (Å²) in [5.41, 5.74) is 1.95. The van der Waals surface area contributed by atoms with E-state index in [2.05, 4.69) is 26.2 Å².